The summed E-state index contributed by atoms with van der Waals surface area (Å²) in [5.74, 6) is 0. The Kier molecular flexibility index (Phi) is 3.02. The average molecular weight is 203 g/mol. The highest BCUT2D eigenvalue weighted by atomic mass is 19.1. The Hall–Kier alpha value is -0.800. The normalized spacial score (nSPS) is 29.0. The van der Waals surface area contributed by atoms with E-state index in [4.69, 9.17) is 5.11 Å². The Bertz CT molecular complexity index is 225. The molecule has 0 aromatic rings. The summed E-state index contributed by atoms with van der Waals surface area (Å²) in [6, 6.07) is -0.0630. The Balaban J connectivity index is 2.78. The SMILES string of the molecule is CC(C)(C)C1CCC(F)CN1C(=O)O. The van der Waals surface area contributed by atoms with Gasteiger partial charge in [0, 0.05) is 6.04 Å². The summed E-state index contributed by atoms with van der Waals surface area (Å²) in [7, 11) is 0. The smallest absolute Gasteiger partial charge is 0.407 e. The van der Waals surface area contributed by atoms with Crippen LogP contribution in [0.4, 0.5) is 9.18 Å². The van der Waals surface area contributed by atoms with Gasteiger partial charge in [-0.25, -0.2) is 9.18 Å². The van der Waals surface area contributed by atoms with Crippen LogP contribution in [0, 0.1) is 5.41 Å². The first-order valence-electron chi connectivity index (χ1n) is 4.96. The van der Waals surface area contributed by atoms with Crippen molar-refractivity contribution in [3.8, 4) is 0 Å². The van der Waals surface area contributed by atoms with Crippen LogP contribution in [0.25, 0.3) is 0 Å². The minimum Gasteiger partial charge on any atom is -0.465 e. The molecule has 1 N–H and O–H groups in total. The molecule has 1 aliphatic heterocycles. The average Bonchev–Trinajstić information content (AvgIpc) is 2.01. The molecule has 2 unspecified atom stereocenters. The van der Waals surface area contributed by atoms with E-state index in [1.807, 2.05) is 20.8 Å². The Labute approximate surface area is 83.9 Å². The van der Waals surface area contributed by atoms with Gasteiger partial charge in [0.2, 0.25) is 0 Å². The van der Waals surface area contributed by atoms with E-state index in [9.17, 15) is 9.18 Å². The molecule has 14 heavy (non-hydrogen) atoms. The van der Waals surface area contributed by atoms with Gasteiger partial charge in [0.25, 0.3) is 0 Å². The maximum absolute atomic E-state index is 13.1. The maximum atomic E-state index is 13.1. The molecular formula is C10H18FNO2. The third-order valence-corrected chi connectivity index (χ3v) is 2.77. The highest BCUT2D eigenvalue weighted by Crippen LogP contribution is 2.32. The highest BCUT2D eigenvalue weighted by molar-refractivity contribution is 5.65. The monoisotopic (exact) mass is 203 g/mol. The molecule has 1 fully saturated rings. The second kappa shape index (κ2) is 3.75. The molecule has 0 radical (unpaired) electrons. The van der Waals surface area contributed by atoms with Crippen molar-refractivity contribution in [1.82, 2.24) is 4.90 Å². The first kappa shape index (κ1) is 11.3. The summed E-state index contributed by atoms with van der Waals surface area (Å²) in [4.78, 5) is 12.2. The summed E-state index contributed by atoms with van der Waals surface area (Å²) in [6.07, 6.45) is -0.903. The zero-order valence-electron chi connectivity index (χ0n) is 8.96. The number of carbonyl (C=O) groups is 1. The van der Waals surface area contributed by atoms with Crippen LogP contribution in [-0.2, 0) is 0 Å². The zero-order valence-corrected chi connectivity index (χ0v) is 8.96. The number of nitrogens with zero attached hydrogens (tertiary/aromatic N) is 1. The van der Waals surface area contributed by atoms with Gasteiger partial charge in [-0.3, -0.25) is 0 Å². The summed E-state index contributed by atoms with van der Waals surface area (Å²) in [6.45, 7) is 6.00. The van der Waals surface area contributed by atoms with Gasteiger partial charge in [0.1, 0.15) is 6.17 Å². The first-order valence-corrected chi connectivity index (χ1v) is 4.96. The number of carboxylic acid groups (broad SMARTS) is 1. The van der Waals surface area contributed by atoms with E-state index in [2.05, 4.69) is 0 Å². The van der Waals surface area contributed by atoms with Crippen LogP contribution in [0.3, 0.4) is 0 Å². The second-order valence-corrected chi connectivity index (χ2v) is 4.99. The lowest BCUT2D eigenvalue weighted by Crippen LogP contribution is -2.52. The molecule has 1 heterocycles. The third-order valence-electron chi connectivity index (χ3n) is 2.77. The van der Waals surface area contributed by atoms with Crippen LogP contribution in [0.5, 0.6) is 0 Å². The Morgan fingerprint density at radius 2 is 2.00 bits per heavy atom. The number of likely N-dealkylation sites (tertiary alicyclic amines) is 1. The van der Waals surface area contributed by atoms with Crippen LogP contribution in [0.1, 0.15) is 33.6 Å². The number of rotatable bonds is 0. The van der Waals surface area contributed by atoms with Crippen molar-refractivity contribution in [3.63, 3.8) is 0 Å². The van der Waals surface area contributed by atoms with Crippen LogP contribution < -0.4 is 0 Å². The molecule has 1 rings (SSSR count). The van der Waals surface area contributed by atoms with Gasteiger partial charge in [-0.05, 0) is 18.3 Å². The fourth-order valence-electron chi connectivity index (χ4n) is 2.04. The topological polar surface area (TPSA) is 40.5 Å². The van der Waals surface area contributed by atoms with Crippen LogP contribution >= 0.6 is 0 Å². The molecule has 82 valence electrons. The van der Waals surface area contributed by atoms with E-state index in [0.717, 1.165) is 0 Å². The number of hydrogen-bond acceptors (Lipinski definition) is 1. The standard InChI is InChI=1S/C10H18FNO2/c1-10(2,3)8-5-4-7(11)6-12(8)9(13)14/h7-8H,4-6H2,1-3H3,(H,13,14). The lowest BCUT2D eigenvalue weighted by atomic mass is 9.80. The third kappa shape index (κ3) is 2.36. The summed E-state index contributed by atoms with van der Waals surface area (Å²) >= 11 is 0. The fraction of sp³-hybridized carbons (Fsp3) is 0.900. The van der Waals surface area contributed by atoms with Gasteiger partial charge in [-0.1, -0.05) is 20.8 Å². The number of alkyl halides is 1. The number of hydrogen-bond donors (Lipinski definition) is 1. The minimum absolute atomic E-state index is 0.0251. The zero-order chi connectivity index (χ0) is 10.9. The molecule has 4 heteroatoms. The van der Waals surface area contributed by atoms with Gasteiger partial charge in [-0.15, -0.1) is 0 Å². The molecule has 1 saturated heterocycles. The van der Waals surface area contributed by atoms with Crippen molar-refractivity contribution in [1.29, 1.82) is 0 Å². The number of amides is 1. The van der Waals surface area contributed by atoms with Crippen molar-refractivity contribution < 1.29 is 14.3 Å². The minimum atomic E-state index is -1.01. The molecule has 0 aromatic carbocycles. The van der Waals surface area contributed by atoms with Crippen molar-refractivity contribution in [3.05, 3.63) is 0 Å². The van der Waals surface area contributed by atoms with Gasteiger partial charge < -0.3 is 10.0 Å². The molecule has 0 aromatic heterocycles. The molecule has 1 amide bonds. The maximum Gasteiger partial charge on any atom is 0.407 e. The molecular weight excluding hydrogens is 185 g/mol. The quantitative estimate of drug-likeness (QED) is 0.657. The van der Waals surface area contributed by atoms with Crippen LogP contribution in [-0.4, -0.2) is 34.9 Å². The van der Waals surface area contributed by atoms with Gasteiger partial charge in [0.15, 0.2) is 0 Å². The number of piperidine rings is 1. The van der Waals surface area contributed by atoms with Crippen molar-refractivity contribution >= 4 is 6.09 Å². The molecule has 0 aliphatic carbocycles. The summed E-state index contributed by atoms with van der Waals surface area (Å²) in [5.41, 5.74) is -0.113. The van der Waals surface area contributed by atoms with E-state index >= 15 is 0 Å². The molecule has 0 bridgehead atoms. The largest absolute Gasteiger partial charge is 0.465 e. The highest BCUT2D eigenvalue weighted by Gasteiger charge is 2.38. The van der Waals surface area contributed by atoms with Crippen molar-refractivity contribution in [2.45, 2.75) is 45.8 Å². The lowest BCUT2D eigenvalue weighted by molar-refractivity contribution is 0.0302. The van der Waals surface area contributed by atoms with Gasteiger partial charge in [-0.2, -0.15) is 0 Å². The first-order chi connectivity index (χ1) is 6.32. The second-order valence-electron chi connectivity index (χ2n) is 4.99. The predicted molar refractivity (Wildman–Crippen MR) is 52.1 cm³/mol. The lowest BCUT2D eigenvalue weighted by Gasteiger charge is -2.42. The van der Waals surface area contributed by atoms with E-state index < -0.39 is 12.3 Å². The Morgan fingerprint density at radius 1 is 1.43 bits per heavy atom. The summed E-state index contributed by atoms with van der Waals surface area (Å²) in [5, 5.41) is 8.95. The predicted octanol–water partition coefficient (Wildman–Crippen LogP) is 2.51. The summed E-state index contributed by atoms with van der Waals surface area (Å²) < 4.78 is 13.1. The number of halogens is 1. The molecule has 0 spiro atoms. The molecule has 0 saturated carbocycles. The van der Waals surface area contributed by atoms with E-state index in [0.29, 0.717) is 12.8 Å². The van der Waals surface area contributed by atoms with Crippen molar-refractivity contribution in [2.24, 2.45) is 5.41 Å². The van der Waals surface area contributed by atoms with E-state index in [1.54, 1.807) is 0 Å². The van der Waals surface area contributed by atoms with Gasteiger partial charge >= 0.3 is 6.09 Å². The molecule has 3 nitrogen and oxygen atoms in total. The van der Waals surface area contributed by atoms with Crippen LogP contribution in [0.2, 0.25) is 0 Å². The molecule has 2 atom stereocenters. The van der Waals surface area contributed by atoms with Gasteiger partial charge in [0.05, 0.1) is 6.54 Å². The Morgan fingerprint density at radius 3 is 2.43 bits per heavy atom. The van der Waals surface area contributed by atoms with E-state index in [-0.39, 0.29) is 18.0 Å². The van der Waals surface area contributed by atoms with Crippen LogP contribution in [0.15, 0.2) is 0 Å². The van der Waals surface area contributed by atoms with E-state index in [1.165, 1.54) is 4.90 Å². The molecule has 1 aliphatic rings. The van der Waals surface area contributed by atoms with Crippen molar-refractivity contribution in [2.75, 3.05) is 6.54 Å². The fourth-order valence-corrected chi connectivity index (χ4v) is 2.04.